The number of nitrogens with one attached hydrogen (secondary N) is 1. The van der Waals surface area contributed by atoms with Crippen LogP contribution in [0.3, 0.4) is 0 Å². The minimum atomic E-state index is -0.959. The number of carboxylic acid groups (broad SMARTS) is 1. The zero-order chi connectivity index (χ0) is 13.9. The minimum absolute atomic E-state index is 0.229. The van der Waals surface area contributed by atoms with Crippen molar-refractivity contribution in [2.24, 2.45) is 0 Å². The molecule has 2 aromatic rings. The molecule has 1 aliphatic rings. The molecule has 0 amide bonds. The minimum Gasteiger partial charge on any atom is -0.478 e. The van der Waals surface area contributed by atoms with Gasteiger partial charge < -0.3 is 14.7 Å². The predicted octanol–water partition coefficient (Wildman–Crippen LogP) is 1.01. The maximum Gasteiger partial charge on any atom is 0.335 e. The van der Waals surface area contributed by atoms with Crippen molar-refractivity contribution in [3.63, 3.8) is 0 Å². The van der Waals surface area contributed by atoms with E-state index in [2.05, 4.69) is 15.2 Å². The molecule has 0 unspecified atom stereocenters. The number of benzene rings is 1. The molecule has 1 aliphatic heterocycles. The zero-order valence-electron chi connectivity index (χ0n) is 10.7. The number of nitrogens with zero attached hydrogens (tertiary/aromatic N) is 3. The number of anilines is 1. The second-order valence-corrected chi connectivity index (χ2v) is 4.47. The molecule has 1 aromatic heterocycles. The average Bonchev–Trinajstić information content (AvgIpc) is 2.98. The maximum atomic E-state index is 11.0. The van der Waals surface area contributed by atoms with E-state index in [9.17, 15) is 4.79 Å². The van der Waals surface area contributed by atoms with E-state index in [4.69, 9.17) is 9.84 Å². The van der Waals surface area contributed by atoms with Crippen LogP contribution in [0.2, 0.25) is 0 Å². The fourth-order valence-electron chi connectivity index (χ4n) is 2.09. The molecule has 0 bridgehead atoms. The molecule has 2 heterocycles. The Morgan fingerprint density at radius 1 is 1.35 bits per heavy atom. The summed E-state index contributed by atoms with van der Waals surface area (Å²) in [5, 5.41) is 16.0. The first kappa shape index (κ1) is 12.6. The molecular formula is C13H14N4O3. The first-order valence-corrected chi connectivity index (χ1v) is 6.33. The van der Waals surface area contributed by atoms with Crippen molar-refractivity contribution in [2.45, 2.75) is 0 Å². The third-order valence-electron chi connectivity index (χ3n) is 3.15. The summed E-state index contributed by atoms with van der Waals surface area (Å²) in [6.45, 7) is 2.84. The molecule has 20 heavy (non-hydrogen) atoms. The van der Waals surface area contributed by atoms with E-state index < -0.39 is 5.97 Å². The second kappa shape index (κ2) is 5.30. The number of rotatable bonds is 3. The zero-order valence-corrected chi connectivity index (χ0v) is 10.7. The van der Waals surface area contributed by atoms with Crippen LogP contribution in [-0.2, 0) is 4.74 Å². The van der Waals surface area contributed by atoms with Crippen molar-refractivity contribution in [1.82, 2.24) is 15.2 Å². The summed E-state index contributed by atoms with van der Waals surface area (Å²) >= 11 is 0. The lowest BCUT2D eigenvalue weighted by Gasteiger charge is -2.25. The van der Waals surface area contributed by atoms with Gasteiger partial charge >= 0.3 is 5.97 Å². The van der Waals surface area contributed by atoms with Gasteiger partial charge in [-0.05, 0) is 12.1 Å². The molecule has 104 valence electrons. The van der Waals surface area contributed by atoms with Crippen molar-refractivity contribution < 1.29 is 14.6 Å². The highest BCUT2D eigenvalue weighted by Gasteiger charge is 2.16. The summed E-state index contributed by atoms with van der Waals surface area (Å²) in [5.41, 5.74) is 0.934. The van der Waals surface area contributed by atoms with E-state index in [0.29, 0.717) is 30.5 Å². The van der Waals surface area contributed by atoms with Crippen LogP contribution in [0.25, 0.3) is 11.4 Å². The summed E-state index contributed by atoms with van der Waals surface area (Å²) in [4.78, 5) is 17.4. The Morgan fingerprint density at radius 3 is 2.90 bits per heavy atom. The number of carboxylic acids is 1. The van der Waals surface area contributed by atoms with E-state index in [1.54, 1.807) is 24.3 Å². The highest BCUT2D eigenvalue weighted by Crippen LogP contribution is 2.19. The molecule has 2 N–H and O–H groups in total. The fraction of sp³-hybridized carbons (Fsp3) is 0.308. The number of aromatic carboxylic acids is 1. The molecule has 0 atom stereocenters. The van der Waals surface area contributed by atoms with Gasteiger partial charge in [-0.15, -0.1) is 5.10 Å². The Balaban J connectivity index is 1.85. The number of carbonyl (C=O) groups is 1. The highest BCUT2D eigenvalue weighted by molar-refractivity contribution is 5.89. The number of morpholine rings is 1. The molecule has 3 rings (SSSR count). The van der Waals surface area contributed by atoms with Crippen LogP contribution in [0, 0.1) is 0 Å². The Kier molecular flexibility index (Phi) is 3.34. The van der Waals surface area contributed by atoms with E-state index in [1.165, 1.54) is 0 Å². The Morgan fingerprint density at radius 2 is 2.15 bits per heavy atom. The van der Waals surface area contributed by atoms with Crippen LogP contribution in [0.1, 0.15) is 10.4 Å². The van der Waals surface area contributed by atoms with Gasteiger partial charge in [0.25, 0.3) is 0 Å². The third-order valence-corrected chi connectivity index (χ3v) is 3.15. The fourth-order valence-corrected chi connectivity index (χ4v) is 2.09. The van der Waals surface area contributed by atoms with Gasteiger partial charge in [0, 0.05) is 18.7 Å². The quantitative estimate of drug-likeness (QED) is 0.867. The number of aromatic amines is 1. The molecule has 1 saturated heterocycles. The molecular weight excluding hydrogens is 260 g/mol. The topological polar surface area (TPSA) is 91.3 Å². The summed E-state index contributed by atoms with van der Waals surface area (Å²) in [6, 6.07) is 6.61. The van der Waals surface area contributed by atoms with Crippen LogP contribution in [0.15, 0.2) is 24.3 Å². The van der Waals surface area contributed by atoms with E-state index in [0.717, 1.165) is 13.1 Å². The van der Waals surface area contributed by atoms with Gasteiger partial charge in [0.2, 0.25) is 5.95 Å². The van der Waals surface area contributed by atoms with Crippen LogP contribution in [-0.4, -0.2) is 52.6 Å². The van der Waals surface area contributed by atoms with Gasteiger partial charge in [0.05, 0.1) is 18.8 Å². The van der Waals surface area contributed by atoms with Gasteiger partial charge in [-0.1, -0.05) is 12.1 Å². The van der Waals surface area contributed by atoms with Crippen molar-refractivity contribution in [2.75, 3.05) is 31.2 Å². The molecule has 1 fully saturated rings. The second-order valence-electron chi connectivity index (χ2n) is 4.47. The number of ether oxygens (including phenoxy) is 1. The predicted molar refractivity (Wildman–Crippen MR) is 71.8 cm³/mol. The van der Waals surface area contributed by atoms with Crippen LogP contribution in [0.4, 0.5) is 5.95 Å². The Hall–Kier alpha value is -2.41. The molecule has 0 spiro atoms. The van der Waals surface area contributed by atoms with Crippen LogP contribution < -0.4 is 4.90 Å². The SMILES string of the molecule is O=C(O)c1cccc(-c2nc(N3CCOCC3)n[nH]2)c1. The first-order chi connectivity index (χ1) is 9.74. The molecule has 1 aromatic carbocycles. The molecule has 0 saturated carbocycles. The molecule has 7 heteroatoms. The smallest absolute Gasteiger partial charge is 0.335 e. The van der Waals surface area contributed by atoms with Crippen molar-refractivity contribution in [1.29, 1.82) is 0 Å². The van der Waals surface area contributed by atoms with E-state index >= 15 is 0 Å². The van der Waals surface area contributed by atoms with Gasteiger partial charge in [0.1, 0.15) is 0 Å². The lowest BCUT2D eigenvalue weighted by molar-refractivity contribution is 0.0697. The van der Waals surface area contributed by atoms with Crippen molar-refractivity contribution in [3.8, 4) is 11.4 Å². The number of aromatic nitrogens is 3. The Labute approximate surface area is 115 Å². The molecule has 0 radical (unpaired) electrons. The largest absolute Gasteiger partial charge is 0.478 e. The summed E-state index contributed by atoms with van der Waals surface area (Å²) < 4.78 is 5.28. The Bertz CT molecular complexity index is 620. The average molecular weight is 274 g/mol. The van der Waals surface area contributed by atoms with Crippen LogP contribution >= 0.6 is 0 Å². The third kappa shape index (κ3) is 2.48. The van der Waals surface area contributed by atoms with Gasteiger partial charge in [0.15, 0.2) is 5.82 Å². The number of H-pyrrole nitrogens is 1. The summed E-state index contributed by atoms with van der Waals surface area (Å²) in [5.74, 6) is 0.221. The maximum absolute atomic E-state index is 11.0. The van der Waals surface area contributed by atoms with Gasteiger partial charge in [-0.3, -0.25) is 5.10 Å². The summed E-state index contributed by atoms with van der Waals surface area (Å²) in [6.07, 6.45) is 0. The highest BCUT2D eigenvalue weighted by atomic mass is 16.5. The van der Waals surface area contributed by atoms with Crippen LogP contribution in [0.5, 0.6) is 0 Å². The van der Waals surface area contributed by atoms with E-state index in [-0.39, 0.29) is 5.56 Å². The summed E-state index contributed by atoms with van der Waals surface area (Å²) in [7, 11) is 0. The molecule has 7 nitrogen and oxygen atoms in total. The monoisotopic (exact) mass is 274 g/mol. The normalized spacial score (nSPS) is 15.3. The van der Waals surface area contributed by atoms with E-state index in [1.807, 2.05) is 4.90 Å². The standard InChI is InChI=1S/C13H14N4O3/c18-12(19)10-3-1-2-9(8-10)11-14-13(16-15-11)17-4-6-20-7-5-17/h1-3,8H,4-7H2,(H,18,19)(H,14,15,16). The number of hydrogen-bond donors (Lipinski definition) is 2. The number of hydrogen-bond acceptors (Lipinski definition) is 5. The van der Waals surface area contributed by atoms with Gasteiger partial charge in [-0.2, -0.15) is 4.98 Å². The molecule has 0 aliphatic carbocycles. The lowest BCUT2D eigenvalue weighted by Crippen LogP contribution is -2.36. The van der Waals surface area contributed by atoms with Gasteiger partial charge in [-0.25, -0.2) is 4.79 Å². The first-order valence-electron chi connectivity index (χ1n) is 6.33. The van der Waals surface area contributed by atoms with Crippen molar-refractivity contribution >= 4 is 11.9 Å². The lowest BCUT2D eigenvalue weighted by atomic mass is 10.1. The van der Waals surface area contributed by atoms with Crippen molar-refractivity contribution in [3.05, 3.63) is 29.8 Å².